The van der Waals surface area contributed by atoms with Crippen molar-refractivity contribution >= 4 is 69.2 Å². The molecule has 18 nitrogen and oxygen atoms in total. The zero-order chi connectivity index (χ0) is 43.4. The Kier molecular flexibility index (Phi) is 15.0. The second-order valence-electron chi connectivity index (χ2n) is 14.4. The molecule has 1 saturated heterocycles. The van der Waals surface area contributed by atoms with Gasteiger partial charge < -0.3 is 47.1 Å². The number of β-lactam (4-membered cyclic amide) rings is 1. The number of thioether (sulfide) groups is 1. The monoisotopic (exact) mass is 954 g/mol. The first-order valence-electron chi connectivity index (χ1n) is 18.4. The fourth-order valence-corrected chi connectivity index (χ4v) is 7.97. The van der Waals surface area contributed by atoms with Crippen LogP contribution in [0, 0.1) is 0 Å². The molecule has 0 saturated carbocycles. The van der Waals surface area contributed by atoms with Crippen LogP contribution in [0.2, 0.25) is 0 Å². The quantitative estimate of drug-likeness (QED) is 0.0491. The van der Waals surface area contributed by atoms with Crippen LogP contribution in [0.5, 0.6) is 5.75 Å². The number of hydrogen-bond acceptors (Lipinski definition) is 15. The third-order valence-corrected chi connectivity index (χ3v) is 10.9. The number of fused-ring (bicyclic) bond motifs is 2. The van der Waals surface area contributed by atoms with Gasteiger partial charge in [-0.05, 0) is 57.5 Å². The molecule has 3 aromatic heterocycles. The summed E-state index contributed by atoms with van der Waals surface area (Å²) >= 11 is 2.04. The van der Waals surface area contributed by atoms with E-state index in [2.05, 4.69) is 30.1 Å². The summed E-state index contributed by atoms with van der Waals surface area (Å²) in [5.74, 6) is -1.70. The lowest BCUT2D eigenvalue weighted by Crippen LogP contribution is -3.00. The van der Waals surface area contributed by atoms with Gasteiger partial charge in [0.05, 0.1) is 20.2 Å². The van der Waals surface area contributed by atoms with Crippen LogP contribution >= 0.6 is 23.3 Å². The van der Waals surface area contributed by atoms with Gasteiger partial charge in [-0.1, -0.05) is 17.3 Å². The molecular weight excluding hydrogens is 914 g/mol. The normalized spacial score (nSPS) is 17.2. The van der Waals surface area contributed by atoms with Gasteiger partial charge in [-0.2, -0.15) is 22.5 Å². The number of carbonyl (C=O) groups excluding carboxylic acids is 4. The molecule has 2 aliphatic rings. The first kappa shape index (κ1) is 46.7. The zero-order valence-electron chi connectivity index (χ0n) is 33.4. The van der Waals surface area contributed by atoms with E-state index >= 15 is 0 Å². The van der Waals surface area contributed by atoms with E-state index in [0.717, 1.165) is 11.5 Å². The number of ether oxygens (including phenoxy) is 3. The topological polar surface area (TPSA) is 218 Å². The van der Waals surface area contributed by atoms with Gasteiger partial charge in [-0.15, -0.1) is 16.7 Å². The number of aromatic nitrogens is 5. The SMILES string of the molecule is CCO/N=C(\C(=O)NC1C(=O)N2C(C(=O)OCc3ccc(OC)cc3)=C(C[n+]3cn(CCC(N)C(F)(F)F)c4cccnc43)CSC12)c1nsc(NC(=O)OC(C)(C)C)n1.[Br-]. The van der Waals surface area contributed by atoms with Gasteiger partial charge in [-0.3, -0.25) is 24.4 Å². The fourth-order valence-electron chi connectivity index (χ4n) is 6.08. The zero-order valence-corrected chi connectivity index (χ0v) is 36.6. The van der Waals surface area contributed by atoms with Crippen molar-refractivity contribution in [2.24, 2.45) is 10.9 Å². The highest BCUT2D eigenvalue weighted by Crippen LogP contribution is 2.41. The molecule has 3 amide bonds. The predicted molar refractivity (Wildman–Crippen MR) is 211 cm³/mol. The number of halogens is 4. The lowest BCUT2D eigenvalue weighted by atomic mass is 10.0. The van der Waals surface area contributed by atoms with Crippen LogP contribution < -0.4 is 42.7 Å². The van der Waals surface area contributed by atoms with Crippen LogP contribution in [-0.2, 0) is 48.4 Å². The van der Waals surface area contributed by atoms with Crippen LogP contribution in [0.4, 0.5) is 23.1 Å². The number of amides is 3. The van der Waals surface area contributed by atoms with Gasteiger partial charge in [0.15, 0.2) is 11.8 Å². The number of esters is 1. The Morgan fingerprint density at radius 1 is 1.15 bits per heavy atom. The highest BCUT2D eigenvalue weighted by molar-refractivity contribution is 8.00. The Balaban J connectivity index is 0.00000704. The number of rotatable bonds is 15. The Bertz CT molecular complexity index is 2320. The average Bonchev–Trinajstić information content (AvgIpc) is 3.81. The Labute approximate surface area is 365 Å². The van der Waals surface area contributed by atoms with E-state index in [1.165, 1.54) is 30.0 Å². The molecular formula is C37H42BrF3N10O8S2. The minimum atomic E-state index is -4.57. The summed E-state index contributed by atoms with van der Waals surface area (Å²) in [6.45, 7) is 6.60. The molecule has 328 valence electrons. The van der Waals surface area contributed by atoms with Crippen LogP contribution in [0.1, 0.15) is 45.5 Å². The maximum Gasteiger partial charge on any atom is 0.414 e. The number of aryl methyl sites for hydroxylation is 1. The fraction of sp³-hybridized carbons (Fsp3) is 0.432. The number of pyridine rings is 1. The number of alkyl halides is 3. The number of carbonyl (C=O) groups is 4. The van der Waals surface area contributed by atoms with Crippen molar-refractivity contribution in [3.63, 3.8) is 0 Å². The molecule has 4 aromatic rings. The number of nitrogens with two attached hydrogens (primary N) is 1. The third kappa shape index (κ3) is 11.1. The number of hydrogen-bond donors (Lipinski definition) is 3. The van der Waals surface area contributed by atoms with Gasteiger partial charge in [-0.25, -0.2) is 14.2 Å². The largest absolute Gasteiger partial charge is 1.00 e. The van der Waals surface area contributed by atoms with Gasteiger partial charge in [0.25, 0.3) is 11.8 Å². The summed E-state index contributed by atoms with van der Waals surface area (Å²) in [5.41, 5.74) is 6.26. The molecule has 0 bridgehead atoms. The molecule has 24 heteroatoms. The predicted octanol–water partition coefficient (Wildman–Crippen LogP) is 0.653. The van der Waals surface area contributed by atoms with Crippen molar-refractivity contribution in [3.05, 3.63) is 71.6 Å². The maximum atomic E-state index is 14.0. The van der Waals surface area contributed by atoms with E-state index in [4.69, 9.17) is 24.8 Å². The molecule has 1 aromatic carbocycles. The molecule has 0 spiro atoms. The summed E-state index contributed by atoms with van der Waals surface area (Å²) in [6, 6.07) is 7.04. The number of oxime groups is 1. The van der Waals surface area contributed by atoms with Crippen molar-refractivity contribution in [2.45, 2.75) is 83.0 Å². The van der Waals surface area contributed by atoms with Crippen molar-refractivity contribution < 1.29 is 72.9 Å². The molecule has 61 heavy (non-hydrogen) atoms. The van der Waals surface area contributed by atoms with Gasteiger partial charge in [0.2, 0.25) is 16.7 Å². The van der Waals surface area contributed by atoms with Gasteiger partial charge in [0.1, 0.15) is 53.9 Å². The highest BCUT2D eigenvalue weighted by atomic mass is 79.9. The number of imidazole rings is 1. The number of anilines is 1. The van der Waals surface area contributed by atoms with Crippen LogP contribution in [0.25, 0.3) is 11.2 Å². The van der Waals surface area contributed by atoms with Gasteiger partial charge in [0, 0.05) is 29.3 Å². The number of nitrogens with one attached hydrogen (secondary N) is 2. The molecule has 5 heterocycles. The van der Waals surface area contributed by atoms with E-state index in [1.54, 1.807) is 79.6 Å². The van der Waals surface area contributed by atoms with Crippen molar-refractivity contribution in [1.29, 1.82) is 0 Å². The Morgan fingerprint density at radius 2 is 1.89 bits per heavy atom. The van der Waals surface area contributed by atoms with E-state index in [-0.39, 0.29) is 77.8 Å². The van der Waals surface area contributed by atoms with E-state index in [0.29, 0.717) is 28.0 Å². The molecule has 4 N–H and O–H groups in total. The molecule has 3 unspecified atom stereocenters. The number of benzene rings is 1. The van der Waals surface area contributed by atoms with E-state index in [9.17, 15) is 32.3 Å². The lowest BCUT2D eigenvalue weighted by molar-refractivity contribution is -0.665. The minimum absolute atomic E-state index is 0. The average molecular weight is 956 g/mol. The molecule has 3 atom stereocenters. The summed E-state index contributed by atoms with van der Waals surface area (Å²) in [7, 11) is 1.52. The maximum absolute atomic E-state index is 14.0. The molecule has 0 aliphatic carbocycles. The first-order valence-corrected chi connectivity index (χ1v) is 20.3. The molecule has 0 radical (unpaired) electrons. The summed E-state index contributed by atoms with van der Waals surface area (Å²) in [5, 5.41) is 8.25. The minimum Gasteiger partial charge on any atom is -1.00 e. The number of nitrogens with zero attached hydrogens (tertiary/aromatic N) is 7. The summed E-state index contributed by atoms with van der Waals surface area (Å²) in [6.07, 6.45) is -2.63. The molecule has 2 aliphatic heterocycles. The van der Waals surface area contributed by atoms with E-state index in [1.807, 2.05) is 0 Å². The first-order chi connectivity index (χ1) is 28.5. The highest BCUT2D eigenvalue weighted by Gasteiger charge is 2.55. The van der Waals surface area contributed by atoms with Crippen molar-refractivity contribution in [1.82, 2.24) is 29.1 Å². The Hall–Kier alpha value is -5.33. The Morgan fingerprint density at radius 3 is 2.56 bits per heavy atom. The summed E-state index contributed by atoms with van der Waals surface area (Å²) in [4.78, 5) is 69.1. The van der Waals surface area contributed by atoms with Crippen molar-refractivity contribution in [2.75, 3.05) is 24.8 Å². The van der Waals surface area contributed by atoms with Gasteiger partial charge >= 0.3 is 23.9 Å². The second-order valence-corrected chi connectivity index (χ2v) is 16.2. The van der Waals surface area contributed by atoms with E-state index < -0.39 is 53.1 Å². The summed E-state index contributed by atoms with van der Waals surface area (Å²) < 4.78 is 63.4. The van der Waals surface area contributed by atoms with Crippen LogP contribution in [0.15, 0.2) is 65.3 Å². The molecule has 1 fully saturated rings. The van der Waals surface area contributed by atoms with Crippen molar-refractivity contribution in [3.8, 4) is 5.75 Å². The number of methoxy groups -OCH3 is 1. The third-order valence-electron chi connectivity index (χ3n) is 8.89. The standard InChI is InChI=1S/C37H41F3N10O8S2.BrH/c1-6-57-46-25(28-44-34(60-47-28)45-35(54)58-36(2,3)4)30(51)43-26-31(52)50-27(33(53)56-17-20-9-11-22(55-5)12-10-20)21(18-59-32(26)50)16-49-19-48(15-13-24(41)37(38,39)40)23-8-7-14-42-29(23)49;/h7-12,14,19,24,26,32H,6,13,15-18,41H2,1-5H3,(H-,43,44,45,47,51,54);1H/b46-25-;. The smallest absolute Gasteiger partial charge is 0.414 e. The molecule has 6 rings (SSSR count). The van der Waals surface area contributed by atoms with Crippen LogP contribution in [-0.4, -0.2) is 102 Å². The van der Waals surface area contributed by atoms with Crippen LogP contribution in [0.3, 0.4) is 0 Å². The lowest BCUT2D eigenvalue weighted by Gasteiger charge is -2.49. The second kappa shape index (κ2) is 19.6.